The van der Waals surface area contributed by atoms with Crippen LogP contribution in [0.5, 0.6) is 0 Å². The van der Waals surface area contributed by atoms with Gasteiger partial charge in [0.1, 0.15) is 37.1 Å². The second kappa shape index (κ2) is 14.7. The van der Waals surface area contributed by atoms with E-state index in [1.807, 2.05) is 0 Å². The molecule has 0 aromatic heterocycles. The van der Waals surface area contributed by atoms with Crippen LogP contribution in [-0.4, -0.2) is 165 Å². The number of carbonyl (C=O) groups is 3. The largest absolute Gasteiger partial charge is 0.479 e. The molecule has 6 unspecified atom stereocenters. The van der Waals surface area contributed by atoms with Gasteiger partial charge in [-0.1, -0.05) is 6.92 Å². The van der Waals surface area contributed by atoms with Gasteiger partial charge < -0.3 is 76.1 Å². The Bertz CT molecular complexity index is 861. The summed E-state index contributed by atoms with van der Waals surface area (Å²) in [6, 6.07) is -1.26. The molecule has 13 N–H and O–H groups in total. The molecule has 0 bridgehead atoms. The predicted octanol–water partition coefficient (Wildman–Crippen LogP) is -6.57. The van der Waals surface area contributed by atoms with Crippen LogP contribution in [0, 0.1) is 5.92 Å². The van der Waals surface area contributed by atoms with E-state index in [1.54, 1.807) is 0 Å². The van der Waals surface area contributed by atoms with Crippen LogP contribution >= 0.6 is 0 Å². The molecule has 0 aliphatic carbocycles. The van der Waals surface area contributed by atoms with Gasteiger partial charge in [0.05, 0.1) is 37.6 Å². The number of rotatable bonds is 10. The van der Waals surface area contributed by atoms with Crippen molar-refractivity contribution in [1.82, 2.24) is 5.32 Å². The lowest BCUT2D eigenvalue weighted by molar-refractivity contribution is -0.302. The second-order valence-corrected chi connectivity index (χ2v) is 9.92. The lowest BCUT2D eigenvalue weighted by Gasteiger charge is -2.45. The van der Waals surface area contributed by atoms with Gasteiger partial charge in [-0.05, 0) is 6.92 Å². The van der Waals surface area contributed by atoms with Gasteiger partial charge in [0.2, 0.25) is 5.91 Å². The molecule has 2 aliphatic heterocycles. The van der Waals surface area contributed by atoms with Gasteiger partial charge in [0.25, 0.3) is 5.79 Å². The fraction of sp³-hybridized carbons (Fsp3) is 0.864. The molecule has 0 saturated carbocycles. The summed E-state index contributed by atoms with van der Waals surface area (Å²) in [5.41, 5.74) is -1.85. The summed E-state index contributed by atoms with van der Waals surface area (Å²) in [6.45, 7) is 0.180. The Kier molecular flexibility index (Phi) is 13.2. The number of aliphatic hydroxyl groups excluding tert-OH is 9. The molecule has 1 amide bonds. The van der Waals surface area contributed by atoms with Crippen molar-refractivity contribution in [3.63, 3.8) is 0 Å². The van der Waals surface area contributed by atoms with Crippen molar-refractivity contribution >= 4 is 17.8 Å². The van der Waals surface area contributed by atoms with Crippen LogP contribution in [0.1, 0.15) is 26.7 Å². The van der Waals surface area contributed by atoms with Crippen molar-refractivity contribution in [3.8, 4) is 0 Å². The van der Waals surface area contributed by atoms with Crippen LogP contribution in [-0.2, 0) is 23.9 Å². The lowest BCUT2D eigenvalue weighted by atomic mass is 9.84. The number of hydrogen-bond donors (Lipinski definition) is 13. The average molecular weight is 590 g/mol. The van der Waals surface area contributed by atoms with Crippen molar-refractivity contribution in [2.75, 3.05) is 19.8 Å². The molecule has 2 aliphatic rings. The van der Waals surface area contributed by atoms with Crippen molar-refractivity contribution in [1.29, 1.82) is 0 Å². The molecule has 12 atom stereocenters. The molecule has 40 heavy (non-hydrogen) atoms. The quantitative estimate of drug-likeness (QED) is 0.113. The van der Waals surface area contributed by atoms with E-state index in [4.69, 9.17) is 35.0 Å². The second-order valence-electron chi connectivity index (χ2n) is 9.92. The highest BCUT2D eigenvalue weighted by molar-refractivity contribution is 5.78. The molecule has 2 heterocycles. The first-order chi connectivity index (χ1) is 18.4. The average Bonchev–Trinajstić information content (AvgIpc) is 2.90. The fourth-order valence-electron chi connectivity index (χ4n) is 4.24. The minimum atomic E-state index is -2.62. The molecule has 2 fully saturated rings. The highest BCUT2D eigenvalue weighted by atomic mass is 16.7. The SMILES string of the molecule is C[C@H]1C(C(O)C(O)CO)O[C@@](O)(C(=O)O)C[C@H]1O.C[C@]1(C(=O)O)C[C@@H](O)[C@@H](NC(=O)CO)C(C(O)C(O)CO)O1. The standard InChI is InChI=1S/C12H21NO9.C10H18O8/c1-12(11(20)21)2-5(16)8(13-7(18)4-15)10(22-12)9(19)6(17)3-14;1-4-5(12)2-10(17,9(15)16)18-8(4)7(14)6(13)3-11/h5-6,8-10,14-17,19H,2-4H2,1H3,(H,13,18)(H,20,21);4-8,11-14,17H,2-3H2,1H3,(H,15,16)/t5-,6?,8-,9?,10?,12-;4-,5-,6?,7?,8?,10-/m11/s1. The monoisotopic (exact) mass is 589 g/mol. The molecule has 18 nitrogen and oxygen atoms in total. The summed E-state index contributed by atoms with van der Waals surface area (Å²) in [5, 5.41) is 114. The number of ether oxygens (including phenoxy) is 2. The van der Waals surface area contributed by atoms with E-state index < -0.39 is 116 Å². The van der Waals surface area contributed by atoms with E-state index in [-0.39, 0.29) is 6.42 Å². The summed E-state index contributed by atoms with van der Waals surface area (Å²) >= 11 is 0. The van der Waals surface area contributed by atoms with Gasteiger partial charge in [-0.2, -0.15) is 0 Å². The zero-order valence-corrected chi connectivity index (χ0v) is 21.7. The number of carboxylic acids is 2. The maximum atomic E-state index is 11.3. The van der Waals surface area contributed by atoms with E-state index in [0.29, 0.717) is 0 Å². The summed E-state index contributed by atoms with van der Waals surface area (Å²) in [5.74, 6) is -7.28. The third-order valence-corrected chi connectivity index (χ3v) is 6.80. The summed E-state index contributed by atoms with van der Waals surface area (Å²) in [4.78, 5) is 33.4. The molecule has 0 aromatic carbocycles. The maximum Gasteiger partial charge on any atom is 0.364 e. The van der Waals surface area contributed by atoms with Crippen LogP contribution in [0.3, 0.4) is 0 Å². The predicted molar refractivity (Wildman–Crippen MR) is 126 cm³/mol. The van der Waals surface area contributed by atoms with E-state index in [9.17, 15) is 50.1 Å². The van der Waals surface area contributed by atoms with Crippen molar-refractivity contribution in [3.05, 3.63) is 0 Å². The first kappa shape index (κ1) is 36.0. The topological polar surface area (TPSA) is 324 Å². The Morgan fingerprint density at radius 1 is 0.850 bits per heavy atom. The van der Waals surface area contributed by atoms with Gasteiger partial charge in [-0.3, -0.25) is 4.79 Å². The number of aliphatic hydroxyl groups is 10. The van der Waals surface area contributed by atoms with Crippen molar-refractivity contribution in [2.24, 2.45) is 5.92 Å². The van der Waals surface area contributed by atoms with Crippen LogP contribution in [0.2, 0.25) is 0 Å². The first-order valence-corrected chi connectivity index (χ1v) is 12.1. The van der Waals surface area contributed by atoms with Gasteiger partial charge in [0.15, 0.2) is 5.60 Å². The molecule has 0 aromatic rings. The zero-order chi connectivity index (χ0) is 31.2. The highest BCUT2D eigenvalue weighted by Crippen LogP contribution is 2.34. The summed E-state index contributed by atoms with van der Waals surface area (Å²) in [6.07, 6.45) is -12.9. The highest BCUT2D eigenvalue weighted by Gasteiger charge is 2.53. The number of amides is 1. The van der Waals surface area contributed by atoms with Crippen molar-refractivity contribution in [2.45, 2.75) is 93.0 Å². The van der Waals surface area contributed by atoms with Gasteiger partial charge in [-0.15, -0.1) is 0 Å². The number of aliphatic carboxylic acids is 2. The van der Waals surface area contributed by atoms with Gasteiger partial charge >= 0.3 is 11.9 Å². The number of carbonyl (C=O) groups excluding carboxylic acids is 1. The molecule has 0 radical (unpaired) electrons. The smallest absolute Gasteiger partial charge is 0.364 e. The maximum absolute atomic E-state index is 11.3. The summed E-state index contributed by atoms with van der Waals surface area (Å²) < 4.78 is 10.1. The Hall–Kier alpha value is -2.07. The molecule has 234 valence electrons. The third kappa shape index (κ3) is 8.47. The van der Waals surface area contributed by atoms with E-state index in [0.717, 1.165) is 0 Å². The Morgan fingerprint density at radius 2 is 1.35 bits per heavy atom. The fourth-order valence-corrected chi connectivity index (χ4v) is 4.24. The Morgan fingerprint density at radius 3 is 1.77 bits per heavy atom. The molecular formula is C22H39NO17. The van der Waals surface area contributed by atoms with Crippen LogP contribution < -0.4 is 5.32 Å². The lowest BCUT2D eigenvalue weighted by Crippen LogP contribution is -2.66. The minimum absolute atomic E-state index is 0.378. The van der Waals surface area contributed by atoms with Crippen molar-refractivity contribution < 1.29 is 85.1 Å². The molecule has 2 rings (SSSR count). The Labute approximate surface area is 227 Å². The van der Waals surface area contributed by atoms with E-state index >= 15 is 0 Å². The molecular weight excluding hydrogens is 550 g/mol. The van der Waals surface area contributed by atoms with Gasteiger partial charge in [0, 0.05) is 18.8 Å². The molecule has 18 heteroatoms. The van der Waals surface area contributed by atoms with Crippen LogP contribution in [0.25, 0.3) is 0 Å². The van der Waals surface area contributed by atoms with Gasteiger partial charge in [-0.25, -0.2) is 9.59 Å². The third-order valence-electron chi connectivity index (χ3n) is 6.80. The number of hydrogen-bond acceptors (Lipinski definition) is 15. The normalized spacial score (nSPS) is 37.2. The summed E-state index contributed by atoms with van der Waals surface area (Å²) in [7, 11) is 0. The van der Waals surface area contributed by atoms with E-state index in [1.165, 1.54) is 13.8 Å². The van der Waals surface area contributed by atoms with Crippen LogP contribution in [0.4, 0.5) is 0 Å². The minimum Gasteiger partial charge on any atom is -0.479 e. The Balaban J connectivity index is 0.000000408. The molecule has 2 saturated heterocycles. The molecule has 0 spiro atoms. The zero-order valence-electron chi connectivity index (χ0n) is 21.7. The first-order valence-electron chi connectivity index (χ1n) is 12.1. The number of nitrogens with one attached hydrogen (secondary N) is 1. The van der Waals surface area contributed by atoms with Crippen LogP contribution in [0.15, 0.2) is 0 Å². The van der Waals surface area contributed by atoms with E-state index in [2.05, 4.69) is 5.32 Å². The number of carboxylic acid groups (broad SMARTS) is 2.